The van der Waals surface area contributed by atoms with E-state index in [-0.39, 0.29) is 0 Å². The first kappa shape index (κ1) is 13.6. The van der Waals surface area contributed by atoms with E-state index in [1.807, 2.05) is 7.05 Å². The Labute approximate surface area is 120 Å². The molecule has 1 aliphatic heterocycles. The summed E-state index contributed by atoms with van der Waals surface area (Å²) in [6, 6.07) is 2.75. The van der Waals surface area contributed by atoms with Gasteiger partial charge in [0.2, 0.25) is 0 Å². The minimum atomic E-state index is 0.463. The summed E-state index contributed by atoms with van der Waals surface area (Å²) in [5.41, 5.74) is 0. The number of piperidine rings is 1. The predicted molar refractivity (Wildman–Crippen MR) is 80.0 cm³/mol. The average molecular weight is 276 g/mol. The van der Waals surface area contributed by atoms with Crippen molar-refractivity contribution in [3.8, 4) is 0 Å². The average Bonchev–Trinajstić information content (AvgIpc) is 2.95. The van der Waals surface area contributed by atoms with Crippen molar-refractivity contribution in [1.82, 2.24) is 9.97 Å². The largest absolute Gasteiger partial charge is 0.377 e. The molecule has 110 valence electrons. The normalized spacial score (nSPS) is 25.6. The zero-order chi connectivity index (χ0) is 13.9. The summed E-state index contributed by atoms with van der Waals surface area (Å²) in [5, 5.41) is 3.13. The van der Waals surface area contributed by atoms with Crippen molar-refractivity contribution in [3.63, 3.8) is 0 Å². The van der Waals surface area contributed by atoms with Gasteiger partial charge >= 0.3 is 0 Å². The summed E-state index contributed by atoms with van der Waals surface area (Å²) in [6.07, 6.45) is 6.72. The summed E-state index contributed by atoms with van der Waals surface area (Å²) in [4.78, 5) is 11.7. The molecule has 1 saturated carbocycles. The van der Waals surface area contributed by atoms with Crippen molar-refractivity contribution >= 4 is 11.6 Å². The van der Waals surface area contributed by atoms with Crippen LogP contribution in [-0.2, 0) is 11.3 Å². The standard InChI is InChI=1S/C15H24N4O/c1-16-13-9-15(18-14(17-13)10-20-2)19-8-4-6-11-5-3-7-12(11)19/h9,11-12H,3-8,10H2,1-2H3,(H,16,17,18). The Kier molecular flexibility index (Phi) is 4.05. The van der Waals surface area contributed by atoms with Crippen molar-refractivity contribution in [2.75, 3.05) is 30.9 Å². The van der Waals surface area contributed by atoms with Crippen molar-refractivity contribution in [2.24, 2.45) is 5.92 Å². The number of rotatable bonds is 4. The highest BCUT2D eigenvalue weighted by atomic mass is 16.5. The molecule has 1 N–H and O–H groups in total. The molecule has 0 bridgehead atoms. The Bertz CT molecular complexity index is 465. The molecule has 2 unspecified atom stereocenters. The van der Waals surface area contributed by atoms with Crippen molar-refractivity contribution in [2.45, 2.75) is 44.8 Å². The van der Waals surface area contributed by atoms with Crippen molar-refractivity contribution in [1.29, 1.82) is 0 Å². The molecule has 5 nitrogen and oxygen atoms in total. The monoisotopic (exact) mass is 276 g/mol. The molecule has 2 atom stereocenters. The quantitative estimate of drug-likeness (QED) is 0.915. The second-order valence-corrected chi connectivity index (χ2v) is 5.80. The third-order valence-electron chi connectivity index (χ3n) is 4.58. The number of ether oxygens (including phenoxy) is 1. The maximum Gasteiger partial charge on any atom is 0.158 e. The number of hydrogen-bond acceptors (Lipinski definition) is 5. The lowest BCUT2D eigenvalue weighted by Crippen LogP contribution is -2.43. The number of nitrogens with zero attached hydrogens (tertiary/aromatic N) is 3. The van der Waals surface area contributed by atoms with E-state index < -0.39 is 0 Å². The summed E-state index contributed by atoms with van der Waals surface area (Å²) in [7, 11) is 3.58. The molecule has 0 radical (unpaired) electrons. The van der Waals surface area contributed by atoms with E-state index in [0.717, 1.165) is 29.9 Å². The summed E-state index contributed by atoms with van der Waals surface area (Å²) in [5.74, 6) is 3.56. The van der Waals surface area contributed by atoms with Crippen LogP contribution < -0.4 is 10.2 Å². The molecule has 2 fully saturated rings. The second kappa shape index (κ2) is 5.95. The van der Waals surface area contributed by atoms with Crippen LogP contribution in [0.4, 0.5) is 11.6 Å². The molecule has 3 rings (SSSR count). The van der Waals surface area contributed by atoms with Crippen molar-refractivity contribution in [3.05, 3.63) is 11.9 Å². The Morgan fingerprint density at radius 1 is 1.30 bits per heavy atom. The van der Waals surface area contributed by atoms with E-state index in [0.29, 0.717) is 12.6 Å². The first-order chi connectivity index (χ1) is 9.81. The van der Waals surface area contributed by atoms with Crippen LogP contribution in [0.25, 0.3) is 0 Å². The highest BCUT2D eigenvalue weighted by Crippen LogP contribution is 2.38. The zero-order valence-corrected chi connectivity index (χ0v) is 12.4. The zero-order valence-electron chi connectivity index (χ0n) is 12.4. The summed E-state index contributed by atoms with van der Waals surface area (Å²) >= 11 is 0. The van der Waals surface area contributed by atoms with Crippen LogP contribution in [0.2, 0.25) is 0 Å². The number of aromatic nitrogens is 2. The molecule has 1 saturated heterocycles. The molecule has 20 heavy (non-hydrogen) atoms. The third kappa shape index (κ3) is 2.59. The maximum atomic E-state index is 5.19. The SMILES string of the molecule is CNc1cc(N2CCCC3CCCC32)nc(COC)n1. The molecule has 1 aromatic rings. The van der Waals surface area contributed by atoms with Crippen LogP contribution >= 0.6 is 0 Å². The topological polar surface area (TPSA) is 50.3 Å². The Balaban J connectivity index is 1.89. The molecule has 0 spiro atoms. The van der Waals surface area contributed by atoms with Crippen LogP contribution in [-0.4, -0.2) is 36.7 Å². The Morgan fingerprint density at radius 2 is 2.15 bits per heavy atom. The van der Waals surface area contributed by atoms with E-state index in [9.17, 15) is 0 Å². The van der Waals surface area contributed by atoms with Gasteiger partial charge in [-0.15, -0.1) is 0 Å². The predicted octanol–water partition coefficient (Wildman–Crippen LogP) is 2.43. The van der Waals surface area contributed by atoms with Crippen molar-refractivity contribution < 1.29 is 4.74 Å². The van der Waals surface area contributed by atoms with Gasteiger partial charge in [0, 0.05) is 32.8 Å². The van der Waals surface area contributed by atoms with Gasteiger partial charge in [-0.25, -0.2) is 9.97 Å². The molecular formula is C15H24N4O. The van der Waals surface area contributed by atoms with Gasteiger partial charge in [-0.2, -0.15) is 0 Å². The van der Waals surface area contributed by atoms with Gasteiger partial charge < -0.3 is 15.0 Å². The highest BCUT2D eigenvalue weighted by molar-refractivity contribution is 5.50. The van der Waals surface area contributed by atoms with Crippen LogP contribution in [0.5, 0.6) is 0 Å². The Morgan fingerprint density at radius 3 is 2.95 bits per heavy atom. The van der Waals surface area contributed by atoms with E-state index in [2.05, 4.69) is 21.3 Å². The van der Waals surface area contributed by atoms with E-state index in [1.54, 1.807) is 7.11 Å². The first-order valence-corrected chi connectivity index (χ1v) is 7.63. The number of nitrogens with one attached hydrogen (secondary N) is 1. The molecule has 1 aromatic heterocycles. The van der Waals surface area contributed by atoms with Gasteiger partial charge in [-0.05, 0) is 31.6 Å². The third-order valence-corrected chi connectivity index (χ3v) is 4.58. The minimum absolute atomic E-state index is 0.463. The van der Waals surface area contributed by atoms with Crippen LogP contribution in [0.15, 0.2) is 6.07 Å². The smallest absolute Gasteiger partial charge is 0.158 e. The lowest BCUT2D eigenvalue weighted by molar-refractivity contribution is 0.178. The molecule has 5 heteroatoms. The number of methoxy groups -OCH3 is 1. The fourth-order valence-electron chi connectivity index (χ4n) is 3.69. The summed E-state index contributed by atoms with van der Waals surface area (Å²) < 4.78 is 5.19. The van der Waals surface area contributed by atoms with Gasteiger partial charge in [0.1, 0.15) is 18.2 Å². The first-order valence-electron chi connectivity index (χ1n) is 7.63. The van der Waals surface area contributed by atoms with E-state index in [4.69, 9.17) is 9.72 Å². The number of anilines is 2. The molecule has 2 aliphatic rings. The summed E-state index contributed by atoms with van der Waals surface area (Å²) in [6.45, 7) is 1.58. The van der Waals surface area contributed by atoms with E-state index >= 15 is 0 Å². The van der Waals surface area contributed by atoms with E-state index in [1.165, 1.54) is 32.1 Å². The molecule has 1 aliphatic carbocycles. The van der Waals surface area contributed by atoms with Crippen LogP contribution in [0.3, 0.4) is 0 Å². The lowest BCUT2D eigenvalue weighted by Gasteiger charge is -2.38. The molecule has 0 amide bonds. The number of fused-ring (bicyclic) bond motifs is 1. The Hall–Kier alpha value is -1.36. The maximum absolute atomic E-state index is 5.19. The fourth-order valence-corrected chi connectivity index (χ4v) is 3.69. The van der Waals surface area contributed by atoms with Gasteiger partial charge in [0.15, 0.2) is 5.82 Å². The minimum Gasteiger partial charge on any atom is -0.377 e. The highest BCUT2D eigenvalue weighted by Gasteiger charge is 2.35. The second-order valence-electron chi connectivity index (χ2n) is 5.80. The van der Waals surface area contributed by atoms with Crippen LogP contribution in [0, 0.1) is 5.92 Å². The van der Waals surface area contributed by atoms with Gasteiger partial charge in [-0.3, -0.25) is 0 Å². The molecular weight excluding hydrogens is 252 g/mol. The van der Waals surface area contributed by atoms with Crippen LogP contribution in [0.1, 0.15) is 37.9 Å². The molecule has 2 heterocycles. The van der Waals surface area contributed by atoms with Gasteiger partial charge in [-0.1, -0.05) is 6.42 Å². The lowest BCUT2D eigenvalue weighted by atomic mass is 9.92. The number of hydrogen-bond donors (Lipinski definition) is 1. The van der Waals surface area contributed by atoms with Gasteiger partial charge in [0.25, 0.3) is 0 Å². The van der Waals surface area contributed by atoms with Gasteiger partial charge in [0.05, 0.1) is 0 Å². The molecule has 0 aromatic carbocycles. The fraction of sp³-hybridized carbons (Fsp3) is 0.733.